The molecular formula is C14H19NO3. The van der Waals surface area contributed by atoms with Gasteiger partial charge in [-0.15, -0.1) is 0 Å². The van der Waals surface area contributed by atoms with Gasteiger partial charge in [0.1, 0.15) is 6.54 Å². The maximum atomic E-state index is 11.7. The number of aliphatic carboxylic acids is 1. The van der Waals surface area contributed by atoms with Crippen molar-refractivity contribution in [3.05, 3.63) is 34.9 Å². The van der Waals surface area contributed by atoms with E-state index in [0.29, 0.717) is 12.8 Å². The number of amides is 1. The first-order valence-corrected chi connectivity index (χ1v) is 5.91. The Labute approximate surface area is 107 Å². The highest BCUT2D eigenvalue weighted by atomic mass is 16.4. The molecule has 0 heterocycles. The maximum absolute atomic E-state index is 11.7. The minimum atomic E-state index is -0.989. The Morgan fingerprint density at radius 3 is 2.22 bits per heavy atom. The molecule has 1 N–H and O–H groups in total. The van der Waals surface area contributed by atoms with Gasteiger partial charge >= 0.3 is 5.97 Å². The smallest absolute Gasteiger partial charge is 0.323 e. The molecule has 1 amide bonds. The van der Waals surface area contributed by atoms with Crippen molar-refractivity contribution in [1.82, 2.24) is 4.90 Å². The first kappa shape index (κ1) is 14.2. The van der Waals surface area contributed by atoms with E-state index in [2.05, 4.69) is 18.2 Å². The Morgan fingerprint density at radius 1 is 1.17 bits per heavy atom. The Morgan fingerprint density at radius 2 is 1.72 bits per heavy atom. The third-order valence-electron chi connectivity index (χ3n) is 2.71. The molecular weight excluding hydrogens is 230 g/mol. The number of benzene rings is 1. The third kappa shape index (κ3) is 4.57. The number of nitrogens with zero attached hydrogens (tertiary/aromatic N) is 1. The summed E-state index contributed by atoms with van der Waals surface area (Å²) in [5, 5.41) is 8.60. The quantitative estimate of drug-likeness (QED) is 0.865. The van der Waals surface area contributed by atoms with Gasteiger partial charge < -0.3 is 10.0 Å². The zero-order valence-corrected chi connectivity index (χ0v) is 11.1. The molecule has 4 nitrogen and oxygen atoms in total. The lowest BCUT2D eigenvalue weighted by atomic mass is 10.0. The third-order valence-corrected chi connectivity index (χ3v) is 2.71. The van der Waals surface area contributed by atoms with E-state index in [4.69, 9.17) is 5.11 Å². The molecule has 0 atom stereocenters. The van der Waals surface area contributed by atoms with E-state index < -0.39 is 5.97 Å². The number of carbonyl (C=O) groups is 2. The Bertz CT molecular complexity index is 434. The van der Waals surface area contributed by atoms with Gasteiger partial charge in [-0.3, -0.25) is 9.59 Å². The fourth-order valence-corrected chi connectivity index (χ4v) is 1.95. The van der Waals surface area contributed by atoms with Crippen molar-refractivity contribution in [3.8, 4) is 0 Å². The van der Waals surface area contributed by atoms with Gasteiger partial charge in [0.15, 0.2) is 0 Å². The van der Waals surface area contributed by atoms with Gasteiger partial charge in [-0.05, 0) is 25.8 Å². The first-order chi connectivity index (χ1) is 8.38. The number of aryl methyl sites for hydroxylation is 3. The van der Waals surface area contributed by atoms with Crippen LogP contribution in [0, 0.1) is 13.8 Å². The average molecular weight is 249 g/mol. The second-order valence-electron chi connectivity index (χ2n) is 4.64. The van der Waals surface area contributed by atoms with Crippen LogP contribution in [0.3, 0.4) is 0 Å². The summed E-state index contributed by atoms with van der Waals surface area (Å²) < 4.78 is 0. The number of carboxylic acid groups (broad SMARTS) is 1. The molecule has 0 unspecified atom stereocenters. The summed E-state index contributed by atoms with van der Waals surface area (Å²) in [6.45, 7) is 3.80. The van der Waals surface area contributed by atoms with Crippen LogP contribution in [0.1, 0.15) is 23.1 Å². The van der Waals surface area contributed by atoms with Gasteiger partial charge in [0.25, 0.3) is 0 Å². The lowest BCUT2D eigenvalue weighted by molar-refractivity contribution is -0.143. The van der Waals surface area contributed by atoms with E-state index in [1.165, 1.54) is 23.1 Å². The number of hydrogen-bond acceptors (Lipinski definition) is 2. The van der Waals surface area contributed by atoms with Crippen LogP contribution in [0.5, 0.6) is 0 Å². The topological polar surface area (TPSA) is 57.6 Å². The van der Waals surface area contributed by atoms with Gasteiger partial charge in [-0.1, -0.05) is 29.3 Å². The minimum absolute atomic E-state index is 0.142. The minimum Gasteiger partial charge on any atom is -0.480 e. The fourth-order valence-electron chi connectivity index (χ4n) is 1.95. The number of carbonyl (C=O) groups excluding carboxylic acids is 1. The van der Waals surface area contributed by atoms with Crippen LogP contribution in [0.4, 0.5) is 0 Å². The highest BCUT2D eigenvalue weighted by Crippen LogP contribution is 2.11. The van der Waals surface area contributed by atoms with E-state index in [9.17, 15) is 9.59 Å². The summed E-state index contributed by atoms with van der Waals surface area (Å²) in [4.78, 5) is 23.4. The number of carboxylic acids is 1. The first-order valence-electron chi connectivity index (χ1n) is 5.91. The van der Waals surface area contributed by atoms with Gasteiger partial charge in [0.2, 0.25) is 5.91 Å². The van der Waals surface area contributed by atoms with Crippen molar-refractivity contribution in [3.63, 3.8) is 0 Å². The lowest BCUT2D eigenvalue weighted by Gasteiger charge is -2.14. The Kier molecular flexibility index (Phi) is 4.89. The molecule has 0 aliphatic carbocycles. The zero-order chi connectivity index (χ0) is 13.7. The van der Waals surface area contributed by atoms with Crippen LogP contribution in [0.15, 0.2) is 18.2 Å². The number of rotatable bonds is 5. The second-order valence-corrected chi connectivity index (χ2v) is 4.64. The van der Waals surface area contributed by atoms with Crippen molar-refractivity contribution >= 4 is 11.9 Å². The molecule has 0 radical (unpaired) electrons. The molecule has 98 valence electrons. The largest absolute Gasteiger partial charge is 0.480 e. The van der Waals surface area contributed by atoms with Crippen LogP contribution in [-0.4, -0.2) is 35.5 Å². The predicted octanol–water partition coefficient (Wildman–Crippen LogP) is 1.78. The Balaban J connectivity index is 2.54. The standard InChI is InChI=1S/C14H19NO3/c1-10-6-11(2)8-12(7-10)4-5-13(16)15(3)9-14(17)18/h6-8H,4-5,9H2,1-3H3,(H,17,18). The molecule has 0 saturated heterocycles. The van der Waals surface area contributed by atoms with Crippen molar-refractivity contribution in [2.45, 2.75) is 26.7 Å². The van der Waals surface area contributed by atoms with Gasteiger partial charge in [0.05, 0.1) is 0 Å². The predicted molar refractivity (Wildman–Crippen MR) is 69.5 cm³/mol. The summed E-state index contributed by atoms with van der Waals surface area (Å²) in [5.41, 5.74) is 3.47. The van der Waals surface area contributed by atoms with Crippen molar-refractivity contribution < 1.29 is 14.7 Å². The fraction of sp³-hybridized carbons (Fsp3) is 0.429. The summed E-state index contributed by atoms with van der Waals surface area (Å²) in [7, 11) is 1.51. The number of hydrogen-bond donors (Lipinski definition) is 1. The molecule has 0 saturated carbocycles. The molecule has 0 aliphatic heterocycles. The highest BCUT2D eigenvalue weighted by molar-refractivity contribution is 5.81. The average Bonchev–Trinajstić information content (AvgIpc) is 2.23. The molecule has 0 spiro atoms. The van der Waals surface area contributed by atoms with E-state index in [0.717, 1.165) is 5.56 Å². The summed E-state index contributed by atoms with van der Waals surface area (Å²) in [5.74, 6) is -1.13. The van der Waals surface area contributed by atoms with Crippen LogP contribution >= 0.6 is 0 Å². The molecule has 0 aliphatic rings. The van der Waals surface area contributed by atoms with Crippen LogP contribution < -0.4 is 0 Å². The van der Waals surface area contributed by atoms with E-state index in [1.807, 2.05) is 13.8 Å². The molecule has 18 heavy (non-hydrogen) atoms. The van der Waals surface area contributed by atoms with Crippen molar-refractivity contribution in [1.29, 1.82) is 0 Å². The van der Waals surface area contributed by atoms with E-state index in [-0.39, 0.29) is 12.5 Å². The Hall–Kier alpha value is -1.84. The van der Waals surface area contributed by atoms with Crippen molar-refractivity contribution in [2.75, 3.05) is 13.6 Å². The van der Waals surface area contributed by atoms with Crippen molar-refractivity contribution in [2.24, 2.45) is 0 Å². The summed E-state index contributed by atoms with van der Waals surface area (Å²) in [6, 6.07) is 6.19. The van der Waals surface area contributed by atoms with Gasteiger partial charge in [-0.25, -0.2) is 0 Å². The van der Waals surface area contributed by atoms with Crippen LogP contribution in [0.25, 0.3) is 0 Å². The number of likely N-dealkylation sites (N-methyl/N-ethyl adjacent to an activating group) is 1. The monoisotopic (exact) mass is 249 g/mol. The van der Waals surface area contributed by atoms with Gasteiger partial charge in [-0.2, -0.15) is 0 Å². The SMILES string of the molecule is Cc1cc(C)cc(CCC(=O)N(C)CC(=O)O)c1. The molecule has 0 aromatic heterocycles. The molecule has 1 aromatic rings. The van der Waals surface area contributed by atoms with Crippen LogP contribution in [-0.2, 0) is 16.0 Å². The molecule has 4 heteroatoms. The molecule has 0 bridgehead atoms. The second kappa shape index (κ2) is 6.19. The van der Waals surface area contributed by atoms with Crippen LogP contribution in [0.2, 0.25) is 0 Å². The summed E-state index contributed by atoms with van der Waals surface area (Å²) in [6.07, 6.45) is 0.984. The summed E-state index contributed by atoms with van der Waals surface area (Å²) >= 11 is 0. The van der Waals surface area contributed by atoms with Gasteiger partial charge in [0, 0.05) is 13.5 Å². The molecule has 1 aromatic carbocycles. The lowest BCUT2D eigenvalue weighted by Crippen LogP contribution is -2.32. The van der Waals surface area contributed by atoms with E-state index >= 15 is 0 Å². The highest BCUT2D eigenvalue weighted by Gasteiger charge is 2.11. The molecule has 0 fully saturated rings. The molecule has 1 rings (SSSR count). The van der Waals surface area contributed by atoms with E-state index in [1.54, 1.807) is 0 Å². The normalized spacial score (nSPS) is 10.2. The maximum Gasteiger partial charge on any atom is 0.323 e. The zero-order valence-electron chi connectivity index (χ0n) is 11.1.